The van der Waals surface area contributed by atoms with E-state index in [1.165, 1.54) is 0 Å². The van der Waals surface area contributed by atoms with Crippen LogP contribution in [0.15, 0.2) is 0 Å². The molecular weight excluding hydrogens is 212 g/mol. The smallest absolute Gasteiger partial charge is 0.351 e. The molecule has 0 radical (unpaired) electrons. The van der Waals surface area contributed by atoms with Crippen molar-refractivity contribution in [3.8, 4) is 0 Å². The highest BCUT2D eigenvalue weighted by molar-refractivity contribution is 9.09. The molecule has 4 heteroatoms. The van der Waals surface area contributed by atoms with Crippen molar-refractivity contribution in [1.82, 2.24) is 0 Å². The van der Waals surface area contributed by atoms with Crippen molar-refractivity contribution in [1.29, 1.82) is 0 Å². The Labute approximate surface area is 72.3 Å². The summed E-state index contributed by atoms with van der Waals surface area (Å²) < 4.78 is 10.7. The van der Waals surface area contributed by atoms with Crippen LogP contribution in [0.5, 0.6) is 0 Å². The molecule has 62 valence electrons. The highest BCUT2D eigenvalue weighted by Crippen LogP contribution is 2.23. The molecule has 0 rings (SSSR count). The van der Waals surface area contributed by atoms with Gasteiger partial charge >= 0.3 is 8.56 Å². The molecule has 0 fully saturated rings. The Morgan fingerprint density at radius 1 is 1.30 bits per heavy atom. The maximum atomic E-state index is 5.37. The number of alkyl halides is 1. The Bertz CT molecular complexity index is 85.5. The van der Waals surface area contributed by atoms with E-state index in [4.69, 9.17) is 8.85 Å². The fourth-order valence-electron chi connectivity index (χ4n) is 0.818. The Morgan fingerprint density at radius 2 is 1.70 bits per heavy atom. The predicted octanol–water partition coefficient (Wildman–Crippen LogP) is 2.07. The van der Waals surface area contributed by atoms with Gasteiger partial charge in [-0.05, 0) is 5.54 Å². The monoisotopic (exact) mass is 226 g/mol. The van der Waals surface area contributed by atoms with Crippen LogP contribution >= 0.6 is 15.9 Å². The van der Waals surface area contributed by atoms with Crippen LogP contribution in [0.1, 0.15) is 13.8 Å². The molecule has 0 saturated heterocycles. The summed E-state index contributed by atoms with van der Waals surface area (Å²) in [4.78, 5) is 0.838. The first-order valence-corrected chi connectivity index (χ1v) is 6.51. The van der Waals surface area contributed by atoms with Gasteiger partial charge in [-0.1, -0.05) is 29.8 Å². The maximum Gasteiger partial charge on any atom is 0.351 e. The summed E-state index contributed by atoms with van der Waals surface area (Å²) in [7, 11) is 1.56. The average molecular weight is 227 g/mol. The van der Waals surface area contributed by atoms with Gasteiger partial charge in [0.25, 0.3) is 0 Å². The lowest BCUT2D eigenvalue weighted by Crippen LogP contribution is -2.45. The average Bonchev–Trinajstić information content (AvgIpc) is 1.92. The zero-order valence-corrected chi connectivity index (χ0v) is 9.56. The minimum Gasteiger partial charge on any atom is -0.397 e. The van der Waals surface area contributed by atoms with E-state index in [9.17, 15) is 0 Å². The number of rotatable bonds is 4. The Morgan fingerprint density at radius 3 is 1.70 bits per heavy atom. The maximum absolute atomic E-state index is 5.37. The van der Waals surface area contributed by atoms with Crippen molar-refractivity contribution in [3.63, 3.8) is 0 Å². The molecule has 0 amide bonds. The number of hydrogen-bond donors (Lipinski definition) is 0. The normalized spacial score (nSPS) is 12.6. The zero-order chi connectivity index (χ0) is 8.20. The topological polar surface area (TPSA) is 18.5 Å². The summed E-state index contributed by atoms with van der Waals surface area (Å²) >= 11 is 3.41. The zero-order valence-electron chi connectivity index (χ0n) is 6.98. The minimum atomic E-state index is -1.88. The van der Waals surface area contributed by atoms with Crippen LogP contribution < -0.4 is 0 Å². The molecule has 0 N–H and O–H groups in total. The van der Waals surface area contributed by atoms with Crippen molar-refractivity contribution in [2.75, 3.05) is 19.2 Å². The lowest BCUT2D eigenvalue weighted by Gasteiger charge is -2.28. The van der Waals surface area contributed by atoms with Gasteiger partial charge < -0.3 is 8.85 Å². The summed E-state index contributed by atoms with van der Waals surface area (Å²) in [5.41, 5.74) is 0.488. The first-order valence-electron chi connectivity index (χ1n) is 3.29. The second kappa shape index (κ2) is 4.49. The third kappa shape index (κ3) is 2.05. The van der Waals surface area contributed by atoms with E-state index in [0.717, 1.165) is 4.95 Å². The second-order valence-electron chi connectivity index (χ2n) is 2.51. The Balaban J connectivity index is 4.15. The van der Waals surface area contributed by atoms with Crippen LogP contribution in [0, 0.1) is 0 Å². The van der Waals surface area contributed by atoms with Crippen molar-refractivity contribution in [2.24, 2.45) is 0 Å². The van der Waals surface area contributed by atoms with Crippen molar-refractivity contribution in [2.45, 2.75) is 19.4 Å². The molecule has 0 aromatic rings. The Kier molecular flexibility index (Phi) is 4.76. The summed E-state index contributed by atoms with van der Waals surface area (Å²) in [6.45, 7) is 4.25. The molecule has 0 spiro atoms. The first-order chi connectivity index (χ1) is 4.63. The van der Waals surface area contributed by atoms with E-state index in [0.29, 0.717) is 5.54 Å². The molecule has 0 aromatic heterocycles. The lowest BCUT2D eigenvalue weighted by molar-refractivity contribution is 0.240. The third-order valence-corrected chi connectivity index (χ3v) is 7.62. The van der Waals surface area contributed by atoms with Gasteiger partial charge in [0.15, 0.2) is 0 Å². The molecule has 10 heavy (non-hydrogen) atoms. The summed E-state index contributed by atoms with van der Waals surface area (Å²) in [6.07, 6.45) is 0. The number of halogens is 1. The lowest BCUT2D eigenvalue weighted by atomic mass is 10.6. The molecule has 0 saturated carbocycles. The quantitative estimate of drug-likeness (QED) is 0.540. The van der Waals surface area contributed by atoms with E-state index in [-0.39, 0.29) is 0 Å². The molecular formula is C6H15BrO2Si. The fraction of sp³-hybridized carbons (Fsp3) is 1.00. The van der Waals surface area contributed by atoms with Crippen molar-refractivity contribution in [3.05, 3.63) is 0 Å². The summed E-state index contributed by atoms with van der Waals surface area (Å²) in [6, 6.07) is 0. The van der Waals surface area contributed by atoms with Crippen molar-refractivity contribution >= 4 is 24.5 Å². The molecule has 0 atom stereocenters. The summed E-state index contributed by atoms with van der Waals surface area (Å²) in [5, 5.41) is 0. The summed E-state index contributed by atoms with van der Waals surface area (Å²) in [5.74, 6) is 0. The SMILES string of the molecule is CO[Si](CBr)(OC)C(C)C. The van der Waals surface area contributed by atoms with Gasteiger partial charge in [0.05, 0.1) is 0 Å². The van der Waals surface area contributed by atoms with Crippen LogP contribution in [-0.4, -0.2) is 27.7 Å². The highest BCUT2D eigenvalue weighted by atomic mass is 79.9. The standard InChI is InChI=1S/C6H15BrO2Si/c1-6(2)10(5-7,8-3)9-4/h6H,5H2,1-4H3. The fourth-order valence-corrected chi connectivity index (χ4v) is 5.77. The third-order valence-electron chi connectivity index (χ3n) is 1.76. The van der Waals surface area contributed by atoms with E-state index in [2.05, 4.69) is 29.8 Å². The van der Waals surface area contributed by atoms with Gasteiger partial charge in [0, 0.05) is 19.2 Å². The molecule has 0 bridgehead atoms. The van der Waals surface area contributed by atoms with Crippen LogP contribution in [0.25, 0.3) is 0 Å². The van der Waals surface area contributed by atoms with Crippen LogP contribution in [-0.2, 0) is 8.85 Å². The molecule has 0 aliphatic heterocycles. The van der Waals surface area contributed by atoms with Crippen LogP contribution in [0.2, 0.25) is 5.54 Å². The van der Waals surface area contributed by atoms with Gasteiger partial charge in [-0.15, -0.1) is 0 Å². The van der Waals surface area contributed by atoms with E-state index >= 15 is 0 Å². The second-order valence-corrected chi connectivity index (χ2v) is 8.05. The van der Waals surface area contributed by atoms with Gasteiger partial charge in [-0.3, -0.25) is 0 Å². The van der Waals surface area contributed by atoms with Gasteiger partial charge in [-0.2, -0.15) is 0 Å². The molecule has 0 heterocycles. The predicted molar refractivity (Wildman–Crippen MR) is 48.7 cm³/mol. The molecule has 2 nitrogen and oxygen atoms in total. The molecule has 0 unspecified atom stereocenters. The van der Waals surface area contributed by atoms with Gasteiger partial charge in [0.1, 0.15) is 0 Å². The van der Waals surface area contributed by atoms with E-state index in [1.807, 2.05) is 0 Å². The Hall–Kier alpha value is 0.617. The largest absolute Gasteiger partial charge is 0.397 e. The number of hydrogen-bond acceptors (Lipinski definition) is 2. The van der Waals surface area contributed by atoms with E-state index in [1.54, 1.807) is 14.2 Å². The highest BCUT2D eigenvalue weighted by Gasteiger charge is 2.38. The molecule has 0 aromatic carbocycles. The first kappa shape index (κ1) is 10.6. The van der Waals surface area contributed by atoms with Gasteiger partial charge in [0.2, 0.25) is 0 Å². The molecule has 0 aliphatic carbocycles. The minimum absolute atomic E-state index is 0.488. The van der Waals surface area contributed by atoms with Gasteiger partial charge in [-0.25, -0.2) is 0 Å². The van der Waals surface area contributed by atoms with Crippen LogP contribution in [0.4, 0.5) is 0 Å². The molecule has 0 aliphatic rings. The van der Waals surface area contributed by atoms with Crippen molar-refractivity contribution < 1.29 is 8.85 Å². The van der Waals surface area contributed by atoms with E-state index < -0.39 is 8.56 Å². The van der Waals surface area contributed by atoms with Crippen LogP contribution in [0.3, 0.4) is 0 Å².